The lowest BCUT2D eigenvalue weighted by molar-refractivity contribution is 0.558. The molecule has 0 aliphatic rings. The number of aromatic nitrogens is 3. The molecule has 1 aromatic heterocycles. The fraction of sp³-hybridized carbons (Fsp3) is 0.429. The zero-order valence-corrected chi connectivity index (χ0v) is 11.4. The molecule has 0 radical (unpaired) electrons. The Morgan fingerprint density at radius 3 is 2.39 bits per heavy atom. The number of benzene rings is 1. The molecule has 0 atom stereocenters. The number of rotatable bonds is 4. The van der Waals surface area contributed by atoms with Crippen molar-refractivity contribution in [2.75, 3.05) is 5.32 Å². The average molecular weight is 244 g/mol. The molecule has 1 N–H and O–H groups in total. The van der Waals surface area contributed by atoms with Gasteiger partial charge in [-0.1, -0.05) is 17.7 Å². The highest BCUT2D eigenvalue weighted by Crippen LogP contribution is 2.13. The zero-order chi connectivity index (χ0) is 13.1. The zero-order valence-electron chi connectivity index (χ0n) is 11.4. The second-order valence-electron chi connectivity index (χ2n) is 4.85. The topological polar surface area (TPSA) is 42.7 Å². The van der Waals surface area contributed by atoms with E-state index in [2.05, 4.69) is 65.1 Å². The van der Waals surface area contributed by atoms with E-state index in [1.165, 1.54) is 5.56 Å². The van der Waals surface area contributed by atoms with E-state index in [9.17, 15) is 0 Å². The van der Waals surface area contributed by atoms with Crippen molar-refractivity contribution in [3.8, 4) is 0 Å². The van der Waals surface area contributed by atoms with Gasteiger partial charge in [0.05, 0.1) is 6.54 Å². The lowest BCUT2D eigenvalue weighted by atomic mass is 10.2. The molecule has 0 bridgehead atoms. The number of hydrogen-bond acceptors (Lipinski definition) is 3. The minimum atomic E-state index is 0.384. The Bertz CT molecular complexity index is 511. The first-order valence-corrected chi connectivity index (χ1v) is 6.29. The van der Waals surface area contributed by atoms with Gasteiger partial charge in [0.15, 0.2) is 5.82 Å². The second kappa shape index (κ2) is 5.21. The van der Waals surface area contributed by atoms with Crippen LogP contribution in [0.2, 0.25) is 0 Å². The largest absolute Gasteiger partial charge is 0.378 e. The van der Waals surface area contributed by atoms with Gasteiger partial charge >= 0.3 is 0 Å². The Hall–Kier alpha value is -1.84. The minimum absolute atomic E-state index is 0.384. The highest BCUT2D eigenvalue weighted by molar-refractivity contribution is 5.44. The normalized spacial score (nSPS) is 10.9. The van der Waals surface area contributed by atoms with Gasteiger partial charge in [0.1, 0.15) is 5.82 Å². The van der Waals surface area contributed by atoms with E-state index >= 15 is 0 Å². The van der Waals surface area contributed by atoms with Gasteiger partial charge in [-0.25, -0.2) is 0 Å². The maximum absolute atomic E-state index is 4.22. The van der Waals surface area contributed by atoms with E-state index in [0.717, 1.165) is 17.3 Å². The van der Waals surface area contributed by atoms with E-state index in [0.29, 0.717) is 12.6 Å². The van der Waals surface area contributed by atoms with Gasteiger partial charge in [-0.15, -0.1) is 10.2 Å². The molecular formula is C14H20N4. The summed E-state index contributed by atoms with van der Waals surface area (Å²) in [6, 6.07) is 8.74. The Morgan fingerprint density at radius 1 is 1.11 bits per heavy atom. The first-order chi connectivity index (χ1) is 8.58. The van der Waals surface area contributed by atoms with Gasteiger partial charge in [-0.2, -0.15) is 0 Å². The third kappa shape index (κ3) is 2.70. The van der Waals surface area contributed by atoms with Crippen LogP contribution in [0.15, 0.2) is 24.3 Å². The number of anilines is 1. The molecule has 0 aliphatic heterocycles. The molecule has 0 spiro atoms. The molecule has 0 saturated heterocycles. The van der Waals surface area contributed by atoms with Crippen molar-refractivity contribution in [1.29, 1.82) is 0 Å². The molecule has 0 aliphatic carbocycles. The molecule has 2 rings (SSSR count). The second-order valence-corrected chi connectivity index (χ2v) is 4.85. The van der Waals surface area contributed by atoms with Crippen LogP contribution in [0, 0.1) is 13.8 Å². The third-order valence-corrected chi connectivity index (χ3v) is 2.96. The molecule has 0 fully saturated rings. The van der Waals surface area contributed by atoms with Gasteiger partial charge in [0.2, 0.25) is 0 Å². The first-order valence-electron chi connectivity index (χ1n) is 6.29. The van der Waals surface area contributed by atoms with E-state index in [4.69, 9.17) is 0 Å². The monoisotopic (exact) mass is 244 g/mol. The minimum Gasteiger partial charge on any atom is -0.378 e. The van der Waals surface area contributed by atoms with E-state index in [1.807, 2.05) is 6.92 Å². The molecule has 4 heteroatoms. The van der Waals surface area contributed by atoms with Crippen LogP contribution < -0.4 is 5.32 Å². The molecule has 1 aromatic carbocycles. The molecule has 2 aromatic rings. The molecule has 0 unspecified atom stereocenters. The van der Waals surface area contributed by atoms with Crippen molar-refractivity contribution >= 4 is 5.69 Å². The van der Waals surface area contributed by atoms with Gasteiger partial charge in [-0.05, 0) is 39.8 Å². The quantitative estimate of drug-likeness (QED) is 0.898. The highest BCUT2D eigenvalue weighted by atomic mass is 15.3. The predicted molar refractivity (Wildman–Crippen MR) is 73.6 cm³/mol. The fourth-order valence-electron chi connectivity index (χ4n) is 2.06. The predicted octanol–water partition coefficient (Wildman–Crippen LogP) is 3.09. The third-order valence-electron chi connectivity index (χ3n) is 2.96. The summed E-state index contributed by atoms with van der Waals surface area (Å²) in [6.45, 7) is 9.06. The van der Waals surface area contributed by atoms with Crippen LogP contribution in [0.5, 0.6) is 0 Å². The lowest BCUT2D eigenvalue weighted by Gasteiger charge is -2.13. The van der Waals surface area contributed by atoms with Crippen molar-refractivity contribution in [3.63, 3.8) is 0 Å². The number of hydrogen-bond donors (Lipinski definition) is 1. The van der Waals surface area contributed by atoms with Gasteiger partial charge in [0.25, 0.3) is 0 Å². The summed E-state index contributed by atoms with van der Waals surface area (Å²) in [7, 11) is 0. The summed E-state index contributed by atoms with van der Waals surface area (Å²) < 4.78 is 2.15. The van der Waals surface area contributed by atoms with Crippen molar-refractivity contribution in [3.05, 3.63) is 41.5 Å². The van der Waals surface area contributed by atoms with Gasteiger partial charge in [-0.3, -0.25) is 0 Å². The maximum atomic E-state index is 4.22. The average Bonchev–Trinajstić information content (AvgIpc) is 2.70. The van der Waals surface area contributed by atoms with E-state index < -0.39 is 0 Å². The summed E-state index contributed by atoms with van der Waals surface area (Å²) in [5.74, 6) is 1.94. The van der Waals surface area contributed by atoms with Crippen LogP contribution in [0.3, 0.4) is 0 Å². The summed E-state index contributed by atoms with van der Waals surface area (Å²) in [5, 5.41) is 11.7. The van der Waals surface area contributed by atoms with Crippen LogP contribution in [-0.2, 0) is 6.54 Å². The van der Waals surface area contributed by atoms with E-state index in [-0.39, 0.29) is 0 Å². The Kier molecular flexibility index (Phi) is 3.65. The van der Waals surface area contributed by atoms with E-state index in [1.54, 1.807) is 0 Å². The van der Waals surface area contributed by atoms with Crippen LogP contribution in [-0.4, -0.2) is 14.8 Å². The molecule has 96 valence electrons. The van der Waals surface area contributed by atoms with Crippen molar-refractivity contribution in [2.24, 2.45) is 0 Å². The van der Waals surface area contributed by atoms with Crippen LogP contribution >= 0.6 is 0 Å². The maximum Gasteiger partial charge on any atom is 0.152 e. The molecule has 0 amide bonds. The number of aryl methyl sites for hydroxylation is 2. The Labute approximate surface area is 108 Å². The molecule has 18 heavy (non-hydrogen) atoms. The fourth-order valence-corrected chi connectivity index (χ4v) is 2.06. The van der Waals surface area contributed by atoms with Gasteiger partial charge in [0, 0.05) is 11.7 Å². The highest BCUT2D eigenvalue weighted by Gasteiger charge is 2.10. The smallest absolute Gasteiger partial charge is 0.152 e. The standard InChI is InChI=1S/C14H20N4/c1-10(2)18-12(4)16-17-14(18)9-15-13-7-5-11(3)6-8-13/h5-8,10,15H,9H2,1-4H3. The number of nitrogens with zero attached hydrogens (tertiary/aromatic N) is 3. The number of nitrogens with one attached hydrogen (secondary N) is 1. The SMILES string of the molecule is Cc1ccc(NCc2nnc(C)n2C(C)C)cc1. The summed E-state index contributed by atoms with van der Waals surface area (Å²) in [5.41, 5.74) is 2.37. The summed E-state index contributed by atoms with van der Waals surface area (Å²) in [6.07, 6.45) is 0. The molecule has 4 nitrogen and oxygen atoms in total. The first kappa shape index (κ1) is 12.6. The Balaban J connectivity index is 2.08. The molecular weight excluding hydrogens is 224 g/mol. The summed E-state index contributed by atoms with van der Waals surface area (Å²) >= 11 is 0. The molecule has 0 saturated carbocycles. The van der Waals surface area contributed by atoms with Crippen molar-refractivity contribution in [1.82, 2.24) is 14.8 Å². The van der Waals surface area contributed by atoms with Crippen LogP contribution in [0.4, 0.5) is 5.69 Å². The van der Waals surface area contributed by atoms with Crippen molar-refractivity contribution < 1.29 is 0 Å². The van der Waals surface area contributed by atoms with Gasteiger partial charge < -0.3 is 9.88 Å². The Morgan fingerprint density at radius 2 is 1.78 bits per heavy atom. The van der Waals surface area contributed by atoms with Crippen LogP contribution in [0.1, 0.15) is 37.1 Å². The lowest BCUT2D eigenvalue weighted by Crippen LogP contribution is -2.11. The molecule has 1 heterocycles. The summed E-state index contributed by atoms with van der Waals surface area (Å²) in [4.78, 5) is 0. The van der Waals surface area contributed by atoms with Crippen LogP contribution in [0.25, 0.3) is 0 Å². The van der Waals surface area contributed by atoms with Crippen molar-refractivity contribution in [2.45, 2.75) is 40.3 Å².